The van der Waals surface area contributed by atoms with Crippen molar-refractivity contribution in [3.8, 4) is 6.07 Å². The van der Waals surface area contributed by atoms with Crippen molar-refractivity contribution >= 4 is 11.4 Å². The molecule has 2 rings (SSSR count). The Balaban J connectivity index is 2.26. The van der Waals surface area contributed by atoms with Crippen LogP contribution in [0.15, 0.2) is 18.2 Å². The highest BCUT2D eigenvalue weighted by Crippen LogP contribution is 2.30. The molecule has 3 N–H and O–H groups in total. The normalized spacial score (nSPS) is 15.1. The Morgan fingerprint density at radius 3 is 2.76 bits per heavy atom. The van der Waals surface area contributed by atoms with Crippen LogP contribution >= 0.6 is 0 Å². The van der Waals surface area contributed by atoms with Gasteiger partial charge in [-0.15, -0.1) is 0 Å². The maximum atomic E-state index is 9.12. The summed E-state index contributed by atoms with van der Waals surface area (Å²) in [5.74, 6) is 0. The van der Waals surface area contributed by atoms with Crippen molar-refractivity contribution in [3.05, 3.63) is 23.8 Å². The average molecular weight is 231 g/mol. The van der Waals surface area contributed by atoms with E-state index in [-0.39, 0.29) is 6.61 Å². The first kappa shape index (κ1) is 11.7. The summed E-state index contributed by atoms with van der Waals surface area (Å²) in [4.78, 5) is 2.17. The van der Waals surface area contributed by atoms with E-state index in [2.05, 4.69) is 11.0 Å². The predicted molar refractivity (Wildman–Crippen MR) is 67.6 cm³/mol. The number of hydrogen-bond donors (Lipinski definition) is 2. The molecule has 0 radical (unpaired) electrons. The Morgan fingerprint density at radius 2 is 2.24 bits per heavy atom. The molecule has 4 nitrogen and oxygen atoms in total. The van der Waals surface area contributed by atoms with E-state index in [1.165, 1.54) is 6.42 Å². The third-order valence-electron chi connectivity index (χ3n) is 3.35. The van der Waals surface area contributed by atoms with Crippen molar-refractivity contribution in [2.24, 2.45) is 0 Å². The Morgan fingerprint density at radius 1 is 1.47 bits per heavy atom. The number of anilines is 2. The molecule has 0 aliphatic heterocycles. The van der Waals surface area contributed by atoms with Crippen LogP contribution in [0, 0.1) is 11.3 Å². The molecule has 1 aliphatic carbocycles. The van der Waals surface area contributed by atoms with Gasteiger partial charge in [0.1, 0.15) is 6.07 Å². The smallest absolute Gasteiger partial charge is 0.101 e. The van der Waals surface area contributed by atoms with Crippen LogP contribution in [0.2, 0.25) is 0 Å². The minimum absolute atomic E-state index is 0.128. The van der Waals surface area contributed by atoms with Crippen molar-refractivity contribution in [2.45, 2.75) is 25.3 Å². The molecule has 0 aromatic heterocycles. The molecular weight excluding hydrogens is 214 g/mol. The van der Waals surface area contributed by atoms with Gasteiger partial charge in [-0.2, -0.15) is 5.26 Å². The van der Waals surface area contributed by atoms with Gasteiger partial charge in [-0.3, -0.25) is 0 Å². The van der Waals surface area contributed by atoms with Gasteiger partial charge in [0.25, 0.3) is 0 Å². The summed E-state index contributed by atoms with van der Waals surface area (Å²) in [6.07, 6.45) is 3.56. The van der Waals surface area contributed by atoms with E-state index >= 15 is 0 Å². The van der Waals surface area contributed by atoms with E-state index < -0.39 is 0 Å². The predicted octanol–water partition coefficient (Wildman–Crippen LogP) is 1.49. The first-order valence-corrected chi connectivity index (χ1v) is 5.93. The van der Waals surface area contributed by atoms with E-state index in [4.69, 9.17) is 16.1 Å². The van der Waals surface area contributed by atoms with Crippen LogP contribution in [-0.2, 0) is 0 Å². The second kappa shape index (κ2) is 5.07. The largest absolute Gasteiger partial charge is 0.398 e. The van der Waals surface area contributed by atoms with E-state index in [9.17, 15) is 0 Å². The van der Waals surface area contributed by atoms with Gasteiger partial charge in [-0.1, -0.05) is 0 Å². The van der Waals surface area contributed by atoms with Gasteiger partial charge in [0.15, 0.2) is 0 Å². The number of nitrogen functional groups attached to an aromatic ring is 1. The zero-order chi connectivity index (χ0) is 12.3. The van der Waals surface area contributed by atoms with Crippen LogP contribution in [0.4, 0.5) is 11.4 Å². The molecule has 4 heteroatoms. The van der Waals surface area contributed by atoms with E-state index in [0.717, 1.165) is 18.5 Å². The lowest BCUT2D eigenvalue weighted by molar-refractivity contribution is 0.283. The molecule has 0 amide bonds. The van der Waals surface area contributed by atoms with Crippen molar-refractivity contribution in [2.75, 3.05) is 23.8 Å². The van der Waals surface area contributed by atoms with Gasteiger partial charge < -0.3 is 15.7 Å². The molecule has 1 fully saturated rings. The lowest BCUT2D eigenvalue weighted by atomic mass is 9.91. The fourth-order valence-electron chi connectivity index (χ4n) is 2.15. The van der Waals surface area contributed by atoms with Gasteiger partial charge >= 0.3 is 0 Å². The standard InChI is InChI=1S/C13H17N3O/c14-9-10-8-12(4-5-13(10)15)16(6-7-17)11-2-1-3-11/h4-5,8,11,17H,1-3,6-7,15H2. The van der Waals surface area contributed by atoms with Gasteiger partial charge in [-0.05, 0) is 37.5 Å². The second-order valence-electron chi connectivity index (χ2n) is 4.39. The number of benzene rings is 1. The molecule has 0 spiro atoms. The molecule has 0 unspecified atom stereocenters. The highest BCUT2D eigenvalue weighted by Gasteiger charge is 2.25. The third kappa shape index (κ3) is 2.34. The average Bonchev–Trinajstić information content (AvgIpc) is 2.27. The second-order valence-corrected chi connectivity index (χ2v) is 4.39. The zero-order valence-electron chi connectivity index (χ0n) is 9.76. The lowest BCUT2D eigenvalue weighted by Crippen LogP contribution is -2.42. The zero-order valence-corrected chi connectivity index (χ0v) is 9.76. The van der Waals surface area contributed by atoms with Crippen molar-refractivity contribution in [3.63, 3.8) is 0 Å². The van der Waals surface area contributed by atoms with Crippen LogP contribution in [0.5, 0.6) is 0 Å². The molecule has 0 atom stereocenters. The minimum Gasteiger partial charge on any atom is -0.398 e. The quantitative estimate of drug-likeness (QED) is 0.770. The summed E-state index contributed by atoms with van der Waals surface area (Å²) in [6, 6.07) is 8.08. The highest BCUT2D eigenvalue weighted by atomic mass is 16.3. The Bertz CT molecular complexity index is 435. The Labute approximate surface area is 101 Å². The molecule has 1 aromatic carbocycles. The van der Waals surface area contributed by atoms with E-state index in [0.29, 0.717) is 23.8 Å². The number of nitriles is 1. The minimum atomic E-state index is 0.128. The summed E-state index contributed by atoms with van der Waals surface area (Å²) >= 11 is 0. The molecule has 0 heterocycles. The van der Waals surface area contributed by atoms with Crippen molar-refractivity contribution < 1.29 is 5.11 Å². The van der Waals surface area contributed by atoms with Gasteiger partial charge in [0, 0.05) is 24.0 Å². The first-order valence-electron chi connectivity index (χ1n) is 5.93. The summed E-state index contributed by atoms with van der Waals surface area (Å²) in [7, 11) is 0. The van der Waals surface area contributed by atoms with E-state index in [1.54, 1.807) is 6.07 Å². The summed E-state index contributed by atoms with van der Waals surface area (Å²) < 4.78 is 0. The van der Waals surface area contributed by atoms with Crippen LogP contribution in [0.3, 0.4) is 0 Å². The van der Waals surface area contributed by atoms with Gasteiger partial charge in [0.05, 0.1) is 12.2 Å². The van der Waals surface area contributed by atoms with Crippen molar-refractivity contribution in [1.29, 1.82) is 5.26 Å². The molecule has 0 saturated heterocycles. The number of nitrogens with zero attached hydrogens (tertiary/aromatic N) is 2. The maximum Gasteiger partial charge on any atom is 0.101 e. The Kier molecular flexibility index (Phi) is 3.50. The number of hydrogen-bond acceptors (Lipinski definition) is 4. The van der Waals surface area contributed by atoms with Crippen LogP contribution < -0.4 is 10.6 Å². The van der Waals surface area contributed by atoms with Crippen molar-refractivity contribution in [1.82, 2.24) is 0 Å². The fraction of sp³-hybridized carbons (Fsp3) is 0.462. The molecule has 17 heavy (non-hydrogen) atoms. The van der Waals surface area contributed by atoms with Crippen LogP contribution in [0.1, 0.15) is 24.8 Å². The van der Waals surface area contributed by atoms with Crippen LogP contribution in [-0.4, -0.2) is 24.3 Å². The summed E-state index contributed by atoms with van der Waals surface area (Å²) in [6.45, 7) is 0.738. The fourth-order valence-corrected chi connectivity index (χ4v) is 2.15. The molecule has 1 aromatic rings. The number of aliphatic hydroxyl groups excluding tert-OH is 1. The summed E-state index contributed by atoms with van der Waals surface area (Å²) in [5.41, 5.74) is 7.70. The number of nitrogens with two attached hydrogens (primary N) is 1. The summed E-state index contributed by atoms with van der Waals surface area (Å²) in [5, 5.41) is 18.1. The first-order chi connectivity index (χ1) is 8.26. The third-order valence-corrected chi connectivity index (χ3v) is 3.35. The maximum absolute atomic E-state index is 9.12. The monoisotopic (exact) mass is 231 g/mol. The van der Waals surface area contributed by atoms with Gasteiger partial charge in [0.2, 0.25) is 0 Å². The highest BCUT2D eigenvalue weighted by molar-refractivity contribution is 5.63. The number of aliphatic hydroxyl groups is 1. The van der Waals surface area contributed by atoms with Gasteiger partial charge in [-0.25, -0.2) is 0 Å². The van der Waals surface area contributed by atoms with Crippen LogP contribution in [0.25, 0.3) is 0 Å². The molecular formula is C13H17N3O. The topological polar surface area (TPSA) is 73.3 Å². The molecule has 1 aliphatic rings. The number of rotatable bonds is 4. The molecule has 90 valence electrons. The van der Waals surface area contributed by atoms with E-state index in [1.807, 2.05) is 12.1 Å². The molecule has 1 saturated carbocycles. The SMILES string of the molecule is N#Cc1cc(N(CCO)C2CCC2)ccc1N. The lowest BCUT2D eigenvalue weighted by Gasteiger charge is -2.39. The molecule has 0 bridgehead atoms. The Hall–Kier alpha value is -1.73.